The van der Waals surface area contributed by atoms with Gasteiger partial charge in [0.15, 0.2) is 14.0 Å². The molecule has 1 rings (SSSR count). The van der Waals surface area contributed by atoms with Crippen molar-refractivity contribution < 1.29 is 17.9 Å². The van der Waals surface area contributed by atoms with Gasteiger partial charge in [-0.15, -0.1) is 0 Å². The molecule has 2 atom stereocenters. The quantitative estimate of drug-likeness (QED) is 0.850. The molecule has 0 amide bonds. The van der Waals surface area contributed by atoms with Gasteiger partial charge in [0, 0.05) is 11.8 Å². The lowest BCUT2D eigenvalue weighted by molar-refractivity contribution is 0.158. The highest BCUT2D eigenvalue weighted by atomic mass is 35.5. The molecule has 0 fully saturated rings. The van der Waals surface area contributed by atoms with E-state index in [4.69, 9.17) is 11.6 Å². The summed E-state index contributed by atoms with van der Waals surface area (Å²) in [6.45, 7) is 1.14. The second kappa shape index (κ2) is 4.31. The molecule has 0 spiro atoms. The topological polar surface area (TPSA) is 54.4 Å². The third-order valence-electron chi connectivity index (χ3n) is 2.41. The van der Waals surface area contributed by atoms with Crippen molar-refractivity contribution in [1.29, 1.82) is 0 Å². The van der Waals surface area contributed by atoms with Crippen LogP contribution in [-0.2, 0) is 9.84 Å². The van der Waals surface area contributed by atoms with Gasteiger partial charge in [0.25, 0.3) is 0 Å². The molecule has 3 nitrogen and oxygen atoms in total. The van der Waals surface area contributed by atoms with Gasteiger partial charge in [0.2, 0.25) is 0 Å². The summed E-state index contributed by atoms with van der Waals surface area (Å²) in [6.07, 6.45) is -0.727. The third-order valence-corrected chi connectivity index (χ3v) is 5.13. The number of halogens is 2. The van der Waals surface area contributed by atoms with Crippen molar-refractivity contribution in [2.45, 2.75) is 17.2 Å². The molecule has 90 valence electrons. The number of aliphatic hydroxyl groups is 1. The van der Waals surface area contributed by atoms with Gasteiger partial charge in [0.05, 0.1) is 0 Å². The Balaban J connectivity index is 3.23. The van der Waals surface area contributed by atoms with Gasteiger partial charge in [0.1, 0.15) is 11.9 Å². The highest BCUT2D eigenvalue weighted by molar-refractivity contribution is 7.93. The molecule has 1 N–H and O–H groups in total. The Labute approximate surface area is 98.8 Å². The van der Waals surface area contributed by atoms with Gasteiger partial charge in [-0.05, 0) is 13.0 Å². The van der Waals surface area contributed by atoms with E-state index in [0.717, 1.165) is 19.2 Å². The Morgan fingerprint density at radius 1 is 1.44 bits per heavy atom. The predicted molar refractivity (Wildman–Crippen MR) is 60.5 cm³/mol. The van der Waals surface area contributed by atoms with Crippen molar-refractivity contribution in [2.24, 2.45) is 0 Å². The van der Waals surface area contributed by atoms with Crippen LogP contribution in [0.2, 0.25) is 0 Å². The fourth-order valence-electron chi connectivity index (χ4n) is 1.18. The maximum absolute atomic E-state index is 13.3. The van der Waals surface area contributed by atoms with Crippen molar-refractivity contribution in [3.05, 3.63) is 35.6 Å². The second-order valence-corrected chi connectivity index (χ2v) is 7.08. The smallest absolute Gasteiger partial charge is 0.172 e. The number of hydrogen-bond acceptors (Lipinski definition) is 3. The highest BCUT2D eigenvalue weighted by Crippen LogP contribution is 2.36. The van der Waals surface area contributed by atoms with Gasteiger partial charge in [-0.3, -0.25) is 0 Å². The van der Waals surface area contributed by atoms with E-state index in [9.17, 15) is 17.9 Å². The van der Waals surface area contributed by atoms with Crippen molar-refractivity contribution in [3.63, 3.8) is 0 Å². The minimum Gasteiger partial charge on any atom is -0.385 e. The molecule has 0 radical (unpaired) electrons. The first-order chi connectivity index (χ1) is 7.18. The van der Waals surface area contributed by atoms with Gasteiger partial charge in [-0.25, -0.2) is 12.8 Å². The molecular weight excluding hydrogens is 255 g/mol. The van der Waals surface area contributed by atoms with E-state index >= 15 is 0 Å². The summed E-state index contributed by atoms with van der Waals surface area (Å²) in [5.41, 5.74) is -0.134. The molecule has 0 bridgehead atoms. The van der Waals surface area contributed by atoms with Crippen LogP contribution in [0.1, 0.15) is 18.6 Å². The SMILES string of the molecule is C[C@@](Cl)([C@H](O)c1ccccc1F)S(C)(=O)=O. The normalized spacial score (nSPS) is 17.8. The van der Waals surface area contributed by atoms with Crippen LogP contribution in [0.3, 0.4) is 0 Å². The fraction of sp³-hybridized carbons (Fsp3) is 0.400. The van der Waals surface area contributed by atoms with Crippen LogP contribution in [0.25, 0.3) is 0 Å². The zero-order valence-electron chi connectivity index (χ0n) is 8.81. The van der Waals surface area contributed by atoms with E-state index in [-0.39, 0.29) is 5.56 Å². The van der Waals surface area contributed by atoms with E-state index in [1.165, 1.54) is 18.2 Å². The average molecular weight is 267 g/mol. The third kappa shape index (κ3) is 2.36. The van der Waals surface area contributed by atoms with Gasteiger partial charge >= 0.3 is 0 Å². The molecule has 16 heavy (non-hydrogen) atoms. The molecule has 0 saturated heterocycles. The molecule has 1 aromatic rings. The number of rotatable bonds is 3. The van der Waals surface area contributed by atoms with Gasteiger partial charge in [-0.1, -0.05) is 29.8 Å². The summed E-state index contributed by atoms with van der Waals surface area (Å²) < 4.78 is 34.1. The highest BCUT2D eigenvalue weighted by Gasteiger charge is 2.42. The van der Waals surface area contributed by atoms with Crippen LogP contribution in [0.5, 0.6) is 0 Å². The summed E-state index contributed by atoms with van der Waals surface area (Å²) in [4.78, 5) is 0. The number of hydrogen-bond donors (Lipinski definition) is 1. The van der Waals surface area contributed by atoms with Gasteiger partial charge < -0.3 is 5.11 Å². The fourth-order valence-corrected chi connectivity index (χ4v) is 1.83. The van der Waals surface area contributed by atoms with E-state index in [1.807, 2.05) is 0 Å². The first-order valence-corrected chi connectivity index (χ1v) is 6.76. The van der Waals surface area contributed by atoms with Crippen LogP contribution in [0.4, 0.5) is 4.39 Å². The molecule has 0 aliphatic carbocycles. The molecule has 0 aliphatic heterocycles. The second-order valence-electron chi connectivity index (χ2n) is 3.68. The lowest BCUT2D eigenvalue weighted by Crippen LogP contribution is -2.35. The van der Waals surface area contributed by atoms with E-state index in [2.05, 4.69) is 0 Å². The molecule has 0 aromatic heterocycles. The maximum Gasteiger partial charge on any atom is 0.172 e. The minimum atomic E-state index is -3.72. The summed E-state index contributed by atoms with van der Waals surface area (Å²) in [7, 11) is -3.72. The molecule has 0 saturated carbocycles. The first kappa shape index (κ1) is 13.4. The average Bonchev–Trinajstić information content (AvgIpc) is 2.15. The molecule has 1 aromatic carbocycles. The molecule has 0 unspecified atom stereocenters. The minimum absolute atomic E-state index is 0.134. The van der Waals surface area contributed by atoms with Crippen LogP contribution in [0, 0.1) is 5.82 Å². The standard InChI is InChI=1S/C10H12ClFO3S/c1-10(11,16(2,14)15)9(13)7-5-3-4-6-8(7)12/h3-6,9,13H,1-2H3/t9-,10+/m1/s1. The zero-order chi connectivity index (χ0) is 12.6. The van der Waals surface area contributed by atoms with Crippen molar-refractivity contribution in [1.82, 2.24) is 0 Å². The Bertz CT molecular complexity index is 485. The largest absolute Gasteiger partial charge is 0.385 e. The van der Waals surface area contributed by atoms with Crippen molar-refractivity contribution in [3.8, 4) is 0 Å². The Hall–Kier alpha value is -0.650. The molecule has 6 heteroatoms. The number of sulfone groups is 1. The Morgan fingerprint density at radius 3 is 2.38 bits per heavy atom. The van der Waals surface area contributed by atoms with Crippen molar-refractivity contribution >= 4 is 21.4 Å². The first-order valence-electron chi connectivity index (χ1n) is 4.49. The van der Waals surface area contributed by atoms with Crippen molar-refractivity contribution in [2.75, 3.05) is 6.26 Å². The lowest BCUT2D eigenvalue weighted by Gasteiger charge is -2.26. The van der Waals surface area contributed by atoms with E-state index < -0.39 is 26.0 Å². The lowest BCUT2D eigenvalue weighted by atomic mass is 10.1. The van der Waals surface area contributed by atoms with Gasteiger partial charge in [-0.2, -0.15) is 0 Å². The zero-order valence-corrected chi connectivity index (χ0v) is 10.4. The van der Waals surface area contributed by atoms with E-state index in [1.54, 1.807) is 0 Å². The number of alkyl halides is 1. The number of aliphatic hydroxyl groups excluding tert-OH is 1. The summed E-state index contributed by atoms with van der Waals surface area (Å²) >= 11 is 5.76. The predicted octanol–water partition coefficient (Wildman–Crippen LogP) is 1.86. The number of benzene rings is 1. The molecular formula is C10H12ClFO3S. The van der Waals surface area contributed by atoms with E-state index in [0.29, 0.717) is 0 Å². The van der Waals surface area contributed by atoms with Crippen LogP contribution in [0.15, 0.2) is 24.3 Å². The van der Waals surface area contributed by atoms with Crippen LogP contribution >= 0.6 is 11.6 Å². The Morgan fingerprint density at radius 2 is 1.94 bits per heavy atom. The summed E-state index contributed by atoms with van der Waals surface area (Å²) in [5.74, 6) is -0.689. The maximum atomic E-state index is 13.3. The molecule has 0 heterocycles. The Kier molecular flexibility index (Phi) is 3.62. The van der Waals surface area contributed by atoms with Crippen LogP contribution < -0.4 is 0 Å². The monoisotopic (exact) mass is 266 g/mol. The molecule has 0 aliphatic rings. The summed E-state index contributed by atoms with van der Waals surface area (Å²) in [6, 6.07) is 5.37. The summed E-state index contributed by atoms with van der Waals surface area (Å²) in [5, 5.41) is 9.81. The van der Waals surface area contributed by atoms with Crippen LogP contribution in [-0.4, -0.2) is 24.0 Å².